The number of nitrogens with one attached hydrogen (secondary N) is 1. The third-order valence-corrected chi connectivity index (χ3v) is 2.41. The normalized spacial score (nSPS) is 12.5. The van der Waals surface area contributed by atoms with E-state index >= 15 is 0 Å². The van der Waals surface area contributed by atoms with Crippen molar-refractivity contribution in [3.05, 3.63) is 11.3 Å². The summed E-state index contributed by atoms with van der Waals surface area (Å²) >= 11 is 5.84. The lowest BCUT2D eigenvalue weighted by atomic mass is 10.1. The standard InChI is InChI=1S/C9H13ClN4O2/c1-4(2)6(9(15)16)14-8-5(10)7(11)12-3-13-8/h3-4,6H,1-2H3,(H,15,16)(H3,11,12,13,14)/t6-/m1/s1. The summed E-state index contributed by atoms with van der Waals surface area (Å²) in [6.45, 7) is 3.56. The second kappa shape index (κ2) is 4.98. The van der Waals surface area contributed by atoms with Crippen molar-refractivity contribution in [2.24, 2.45) is 5.92 Å². The van der Waals surface area contributed by atoms with E-state index in [-0.39, 0.29) is 22.6 Å². The summed E-state index contributed by atoms with van der Waals surface area (Å²) in [6, 6.07) is -0.771. The largest absolute Gasteiger partial charge is 0.480 e. The molecule has 0 aliphatic rings. The first-order valence-electron chi connectivity index (χ1n) is 4.68. The molecule has 6 nitrogen and oxygen atoms in total. The first-order chi connectivity index (χ1) is 7.43. The number of hydrogen-bond acceptors (Lipinski definition) is 5. The van der Waals surface area contributed by atoms with Gasteiger partial charge in [0.15, 0.2) is 5.82 Å². The predicted octanol–water partition coefficient (Wildman–Crippen LogP) is 1.23. The highest BCUT2D eigenvalue weighted by molar-refractivity contribution is 6.35. The van der Waals surface area contributed by atoms with Gasteiger partial charge in [0, 0.05) is 0 Å². The molecule has 0 radical (unpaired) electrons. The number of anilines is 2. The van der Waals surface area contributed by atoms with E-state index in [1.165, 1.54) is 6.33 Å². The summed E-state index contributed by atoms with van der Waals surface area (Å²) in [6.07, 6.45) is 1.22. The van der Waals surface area contributed by atoms with Gasteiger partial charge in [0.25, 0.3) is 0 Å². The molecule has 4 N–H and O–H groups in total. The number of nitrogen functional groups attached to an aromatic ring is 1. The van der Waals surface area contributed by atoms with E-state index in [1.54, 1.807) is 13.8 Å². The van der Waals surface area contributed by atoms with Gasteiger partial charge in [0.05, 0.1) is 0 Å². The molecule has 1 rings (SSSR count). The van der Waals surface area contributed by atoms with E-state index in [0.717, 1.165) is 0 Å². The number of aliphatic carboxylic acids is 1. The molecule has 16 heavy (non-hydrogen) atoms. The number of hydrogen-bond donors (Lipinski definition) is 3. The van der Waals surface area contributed by atoms with Crippen LogP contribution in [0.2, 0.25) is 5.02 Å². The number of nitrogens with zero attached hydrogens (tertiary/aromatic N) is 2. The fraction of sp³-hybridized carbons (Fsp3) is 0.444. The molecule has 0 saturated carbocycles. The molecule has 88 valence electrons. The lowest BCUT2D eigenvalue weighted by molar-refractivity contribution is -0.138. The van der Waals surface area contributed by atoms with Crippen LogP contribution < -0.4 is 11.1 Å². The van der Waals surface area contributed by atoms with Crippen LogP contribution in [-0.4, -0.2) is 27.1 Å². The van der Waals surface area contributed by atoms with E-state index in [1.807, 2.05) is 0 Å². The molecule has 1 heterocycles. The van der Waals surface area contributed by atoms with Gasteiger partial charge in [-0.15, -0.1) is 0 Å². The molecule has 0 fully saturated rings. The molecule has 0 spiro atoms. The van der Waals surface area contributed by atoms with Gasteiger partial charge >= 0.3 is 5.97 Å². The Morgan fingerprint density at radius 3 is 2.69 bits per heavy atom. The summed E-state index contributed by atoms with van der Waals surface area (Å²) < 4.78 is 0. The van der Waals surface area contributed by atoms with E-state index in [4.69, 9.17) is 22.4 Å². The fourth-order valence-corrected chi connectivity index (χ4v) is 1.30. The van der Waals surface area contributed by atoms with Gasteiger partial charge in [-0.3, -0.25) is 0 Å². The van der Waals surface area contributed by atoms with Crippen LogP contribution in [0.3, 0.4) is 0 Å². The van der Waals surface area contributed by atoms with Crippen LogP contribution in [0, 0.1) is 5.92 Å². The molecule has 0 aromatic carbocycles. The second-order valence-corrected chi connectivity index (χ2v) is 4.00. The zero-order chi connectivity index (χ0) is 12.3. The maximum Gasteiger partial charge on any atom is 0.326 e. The minimum absolute atomic E-state index is 0.107. The Morgan fingerprint density at radius 2 is 2.19 bits per heavy atom. The van der Waals surface area contributed by atoms with Crippen LogP contribution in [0.4, 0.5) is 11.6 Å². The number of aromatic nitrogens is 2. The van der Waals surface area contributed by atoms with Crippen LogP contribution in [0.25, 0.3) is 0 Å². The monoisotopic (exact) mass is 244 g/mol. The zero-order valence-electron chi connectivity index (χ0n) is 8.94. The van der Waals surface area contributed by atoms with Gasteiger partial charge in [-0.1, -0.05) is 25.4 Å². The van der Waals surface area contributed by atoms with Crippen LogP contribution in [0.5, 0.6) is 0 Å². The van der Waals surface area contributed by atoms with Crippen molar-refractivity contribution >= 4 is 29.2 Å². The Kier molecular flexibility index (Phi) is 3.89. The van der Waals surface area contributed by atoms with Gasteiger partial charge in [-0.05, 0) is 5.92 Å². The maximum absolute atomic E-state index is 11.0. The molecule has 0 saturated heterocycles. The number of carboxylic acid groups (broad SMARTS) is 1. The minimum Gasteiger partial charge on any atom is -0.480 e. The van der Waals surface area contributed by atoms with Gasteiger partial charge in [0.2, 0.25) is 0 Å². The summed E-state index contributed by atoms with van der Waals surface area (Å²) in [5.74, 6) is -0.727. The van der Waals surface area contributed by atoms with Gasteiger partial charge in [-0.25, -0.2) is 14.8 Å². The molecule has 0 bridgehead atoms. The molecule has 0 aliphatic carbocycles. The summed E-state index contributed by atoms with van der Waals surface area (Å²) in [4.78, 5) is 18.5. The first-order valence-corrected chi connectivity index (χ1v) is 5.06. The van der Waals surface area contributed by atoms with E-state index < -0.39 is 12.0 Å². The van der Waals surface area contributed by atoms with Crippen LogP contribution >= 0.6 is 11.6 Å². The van der Waals surface area contributed by atoms with Gasteiger partial charge in [-0.2, -0.15) is 0 Å². The molecule has 7 heteroatoms. The van der Waals surface area contributed by atoms with Crippen molar-refractivity contribution in [3.63, 3.8) is 0 Å². The van der Waals surface area contributed by atoms with Crippen molar-refractivity contribution in [3.8, 4) is 0 Å². The number of nitrogens with two attached hydrogens (primary N) is 1. The molecule has 0 unspecified atom stereocenters. The number of carboxylic acids is 1. The van der Waals surface area contributed by atoms with E-state index in [2.05, 4.69) is 15.3 Å². The van der Waals surface area contributed by atoms with E-state index in [0.29, 0.717) is 0 Å². The van der Waals surface area contributed by atoms with Crippen LogP contribution in [-0.2, 0) is 4.79 Å². The van der Waals surface area contributed by atoms with Crippen molar-refractivity contribution in [2.75, 3.05) is 11.1 Å². The van der Waals surface area contributed by atoms with Crippen molar-refractivity contribution in [1.29, 1.82) is 0 Å². The summed E-state index contributed by atoms with van der Waals surface area (Å²) in [5.41, 5.74) is 5.48. The number of carbonyl (C=O) groups is 1. The van der Waals surface area contributed by atoms with Gasteiger partial charge in [0.1, 0.15) is 23.2 Å². The second-order valence-electron chi connectivity index (χ2n) is 3.63. The topological polar surface area (TPSA) is 101 Å². The van der Waals surface area contributed by atoms with Gasteiger partial charge < -0.3 is 16.2 Å². The lowest BCUT2D eigenvalue weighted by Crippen LogP contribution is -2.34. The molecule has 0 amide bonds. The summed E-state index contributed by atoms with van der Waals surface area (Å²) in [7, 11) is 0. The Morgan fingerprint density at radius 1 is 1.56 bits per heavy atom. The molecular formula is C9H13ClN4O2. The van der Waals surface area contributed by atoms with Crippen molar-refractivity contribution in [1.82, 2.24) is 9.97 Å². The number of rotatable bonds is 4. The Balaban J connectivity index is 2.94. The highest BCUT2D eigenvalue weighted by Crippen LogP contribution is 2.24. The van der Waals surface area contributed by atoms with Crippen LogP contribution in [0.1, 0.15) is 13.8 Å². The van der Waals surface area contributed by atoms with E-state index in [9.17, 15) is 4.79 Å². The third-order valence-electron chi connectivity index (χ3n) is 2.04. The predicted molar refractivity (Wildman–Crippen MR) is 61.3 cm³/mol. The fourth-order valence-electron chi connectivity index (χ4n) is 1.14. The Bertz CT molecular complexity index is 397. The number of halogens is 1. The van der Waals surface area contributed by atoms with Crippen LogP contribution in [0.15, 0.2) is 6.33 Å². The zero-order valence-corrected chi connectivity index (χ0v) is 9.69. The average molecular weight is 245 g/mol. The molecule has 1 aromatic heterocycles. The highest BCUT2D eigenvalue weighted by Gasteiger charge is 2.23. The molecular weight excluding hydrogens is 232 g/mol. The van der Waals surface area contributed by atoms with Crippen molar-refractivity contribution < 1.29 is 9.90 Å². The molecule has 1 aromatic rings. The average Bonchev–Trinajstić information content (AvgIpc) is 2.19. The smallest absolute Gasteiger partial charge is 0.326 e. The quantitative estimate of drug-likeness (QED) is 0.737. The summed E-state index contributed by atoms with van der Waals surface area (Å²) in [5, 5.41) is 11.8. The highest BCUT2D eigenvalue weighted by atomic mass is 35.5. The third kappa shape index (κ3) is 2.73. The SMILES string of the molecule is CC(C)[C@@H](Nc1ncnc(N)c1Cl)C(=O)O. The lowest BCUT2D eigenvalue weighted by Gasteiger charge is -2.19. The maximum atomic E-state index is 11.0. The molecule has 1 atom stereocenters. The Hall–Kier alpha value is -1.56. The first kappa shape index (κ1) is 12.5. The minimum atomic E-state index is -0.969. The van der Waals surface area contributed by atoms with Crippen molar-refractivity contribution in [2.45, 2.75) is 19.9 Å². The Labute approximate surface area is 97.8 Å². The molecule has 0 aliphatic heterocycles.